The van der Waals surface area contributed by atoms with Gasteiger partial charge in [0.2, 0.25) is 15.8 Å². The number of rotatable bonds is 6. The van der Waals surface area contributed by atoms with Crippen molar-refractivity contribution in [1.82, 2.24) is 9.36 Å². The van der Waals surface area contributed by atoms with Gasteiger partial charge >= 0.3 is 0 Å². The van der Waals surface area contributed by atoms with Crippen molar-refractivity contribution in [3.8, 4) is 5.75 Å². The molecule has 0 atom stereocenters. The number of alkyl halides is 3. The lowest BCUT2D eigenvalue weighted by atomic mass is 10.1. The quantitative estimate of drug-likeness (QED) is 0.768. The summed E-state index contributed by atoms with van der Waals surface area (Å²) in [5, 5.41) is 3.01. The lowest BCUT2D eigenvalue weighted by Crippen LogP contribution is -2.14. The Morgan fingerprint density at radius 3 is 2.57 bits per heavy atom. The number of nitrogens with zero attached hydrogens (tertiary/aromatic N) is 1. The maximum Gasteiger partial charge on any atom is 0.272 e. The largest absolute Gasteiger partial charge is 0.488 e. The minimum atomic E-state index is -2.51. The monoisotopic (exact) mass is 365 g/mol. The zero-order valence-electron chi connectivity index (χ0n) is 12.0. The molecule has 5 nitrogen and oxygen atoms in total. The smallest absolute Gasteiger partial charge is 0.272 e. The highest BCUT2D eigenvalue weighted by atomic mass is 32.1. The topological polar surface area (TPSA) is 67.0 Å². The predicted molar refractivity (Wildman–Crippen MR) is 84.6 cm³/mol. The van der Waals surface area contributed by atoms with Crippen LogP contribution in [0.2, 0.25) is 0 Å². The van der Waals surface area contributed by atoms with Crippen LogP contribution in [0.4, 0.5) is 18.3 Å². The number of aromatic nitrogens is 2. The number of ether oxygens (including phenoxy) is 1. The molecule has 2 N–H and O–H groups in total. The van der Waals surface area contributed by atoms with Crippen LogP contribution in [-0.4, -0.2) is 35.5 Å². The van der Waals surface area contributed by atoms with Crippen LogP contribution in [0.3, 0.4) is 0 Å². The van der Waals surface area contributed by atoms with Crippen molar-refractivity contribution in [1.29, 1.82) is 0 Å². The molecule has 0 bridgehead atoms. The number of hydrogen-bond acceptors (Lipinski definition) is 5. The van der Waals surface area contributed by atoms with Gasteiger partial charge in [0, 0.05) is 0 Å². The second kappa shape index (κ2) is 9.95. The Hall–Kier alpha value is -1.94. The lowest BCUT2D eigenvalue weighted by molar-refractivity contribution is -0.115. The van der Waals surface area contributed by atoms with E-state index in [0.717, 1.165) is 17.1 Å². The molecule has 0 fully saturated rings. The number of carbonyl (C=O) groups is 1. The predicted octanol–water partition coefficient (Wildman–Crippen LogP) is 3.61. The molecule has 0 saturated carbocycles. The fraction of sp³-hybridized carbons (Fsp3) is 0.308. The molecule has 2 rings (SSSR count). The van der Waals surface area contributed by atoms with Crippen LogP contribution >= 0.6 is 23.8 Å². The summed E-state index contributed by atoms with van der Waals surface area (Å²) in [4.78, 5) is 15.7. The maximum absolute atomic E-state index is 12.0. The van der Waals surface area contributed by atoms with Crippen molar-refractivity contribution in [3.63, 3.8) is 0 Å². The normalized spacial score (nSPS) is 9.96. The van der Waals surface area contributed by atoms with Gasteiger partial charge in [-0.25, -0.2) is 8.78 Å². The number of aromatic amines is 1. The molecule has 0 saturated heterocycles. The summed E-state index contributed by atoms with van der Waals surface area (Å²) in [7, 11) is 0.500. The zero-order valence-corrected chi connectivity index (χ0v) is 13.6. The number of nitrogens with one attached hydrogen (secondary N) is 2. The van der Waals surface area contributed by atoms with E-state index in [1.807, 2.05) is 0 Å². The molecule has 10 heteroatoms. The van der Waals surface area contributed by atoms with E-state index < -0.39 is 13.0 Å². The molecule has 23 heavy (non-hydrogen) atoms. The SMILES string of the molecule is CF.O=C(Cc1ccc(OCC(F)F)cc1)Nc1nc(=S)[nH]s1. The number of anilines is 1. The molecule has 0 aliphatic rings. The molecule has 1 aromatic heterocycles. The summed E-state index contributed by atoms with van der Waals surface area (Å²) in [5.74, 6) is 0.0960. The van der Waals surface area contributed by atoms with E-state index in [1.54, 1.807) is 24.3 Å². The van der Waals surface area contributed by atoms with E-state index >= 15 is 0 Å². The van der Waals surface area contributed by atoms with E-state index in [4.69, 9.17) is 17.0 Å². The minimum absolute atomic E-state index is 0.140. The Morgan fingerprint density at radius 1 is 1.39 bits per heavy atom. The highest BCUT2D eigenvalue weighted by Gasteiger charge is 2.07. The fourth-order valence-corrected chi connectivity index (χ4v) is 2.30. The van der Waals surface area contributed by atoms with Crippen molar-refractivity contribution < 1.29 is 22.7 Å². The van der Waals surface area contributed by atoms with Crippen LogP contribution in [0.5, 0.6) is 5.75 Å². The van der Waals surface area contributed by atoms with E-state index in [2.05, 4.69) is 14.7 Å². The van der Waals surface area contributed by atoms with Gasteiger partial charge in [-0.05, 0) is 41.4 Å². The van der Waals surface area contributed by atoms with Gasteiger partial charge in [-0.1, -0.05) is 12.1 Å². The molecule has 2 aromatic rings. The molecule has 0 radical (unpaired) electrons. The Balaban J connectivity index is 0.00000127. The van der Waals surface area contributed by atoms with E-state index in [0.29, 0.717) is 22.8 Å². The number of carbonyl (C=O) groups excluding carboxylic acids is 1. The van der Waals surface area contributed by atoms with Gasteiger partial charge in [-0.2, -0.15) is 4.98 Å². The van der Waals surface area contributed by atoms with Gasteiger partial charge in [-0.3, -0.25) is 13.6 Å². The molecule has 1 amide bonds. The third-order valence-corrected chi connectivity index (χ3v) is 3.35. The second-order valence-corrected chi connectivity index (χ2v) is 5.18. The van der Waals surface area contributed by atoms with E-state index in [1.165, 1.54) is 0 Å². The minimum Gasteiger partial charge on any atom is -0.488 e. The highest BCUT2D eigenvalue weighted by molar-refractivity contribution is 7.71. The molecule has 0 aliphatic heterocycles. The molecule has 0 unspecified atom stereocenters. The third-order valence-electron chi connectivity index (χ3n) is 2.35. The Morgan fingerprint density at radius 2 is 2.04 bits per heavy atom. The van der Waals surface area contributed by atoms with Gasteiger partial charge in [0.25, 0.3) is 6.43 Å². The zero-order chi connectivity index (χ0) is 17.2. The van der Waals surface area contributed by atoms with Gasteiger partial charge in [-0.15, -0.1) is 0 Å². The first-order chi connectivity index (χ1) is 11.0. The summed E-state index contributed by atoms with van der Waals surface area (Å²) < 4.78 is 41.4. The van der Waals surface area contributed by atoms with Gasteiger partial charge in [0.1, 0.15) is 12.4 Å². The van der Waals surface area contributed by atoms with Crippen molar-refractivity contribution in [2.24, 2.45) is 0 Å². The number of H-pyrrole nitrogens is 1. The van der Waals surface area contributed by atoms with E-state index in [-0.39, 0.29) is 12.3 Å². The van der Waals surface area contributed by atoms with Crippen LogP contribution in [0.1, 0.15) is 5.56 Å². The summed E-state index contributed by atoms with van der Waals surface area (Å²) in [6.45, 7) is -0.649. The van der Waals surface area contributed by atoms with Gasteiger partial charge in [0.05, 0.1) is 13.6 Å². The first-order valence-electron chi connectivity index (χ1n) is 6.26. The van der Waals surface area contributed by atoms with Crippen molar-refractivity contribution in [2.75, 3.05) is 19.1 Å². The van der Waals surface area contributed by atoms with E-state index in [9.17, 15) is 18.0 Å². The first-order valence-corrected chi connectivity index (χ1v) is 7.48. The highest BCUT2D eigenvalue weighted by Crippen LogP contribution is 2.14. The lowest BCUT2D eigenvalue weighted by Gasteiger charge is -2.06. The number of amides is 1. The molecular weight excluding hydrogens is 351 g/mol. The summed E-state index contributed by atoms with van der Waals surface area (Å²) >= 11 is 5.93. The molecule has 1 aromatic carbocycles. The average Bonchev–Trinajstić information content (AvgIpc) is 2.93. The third kappa shape index (κ3) is 7.24. The fourth-order valence-electron chi connectivity index (χ4n) is 1.49. The average molecular weight is 365 g/mol. The summed E-state index contributed by atoms with van der Waals surface area (Å²) in [6, 6.07) is 6.38. The maximum atomic E-state index is 12.0. The van der Waals surface area contributed by atoms with Crippen molar-refractivity contribution >= 4 is 34.8 Å². The number of hydrogen-bond donors (Lipinski definition) is 2. The Kier molecular flexibility index (Phi) is 8.27. The van der Waals surface area contributed by atoms with Crippen LogP contribution in [0, 0.1) is 4.77 Å². The Labute approximate surface area is 139 Å². The molecule has 0 spiro atoms. The van der Waals surface area contributed by atoms with Crippen molar-refractivity contribution in [2.45, 2.75) is 12.8 Å². The Bertz CT molecular complexity index is 659. The standard InChI is InChI=1S/C12H11F2N3O2S2.CH3F/c13-9(14)6-19-8-3-1-7(2-4-8)5-10(18)15-12-16-11(20)17-21-12;1-2/h1-4,9H,5-6H2,(H2,15,16,17,18,20);1H3. The molecule has 1 heterocycles. The molecular formula is C13H14F3N3O2S2. The summed E-state index contributed by atoms with van der Waals surface area (Å²) in [6.07, 6.45) is -2.37. The van der Waals surface area contributed by atoms with Crippen molar-refractivity contribution in [3.05, 3.63) is 34.6 Å². The van der Waals surface area contributed by atoms with Crippen LogP contribution in [0.25, 0.3) is 0 Å². The first kappa shape index (κ1) is 19.1. The van der Waals surface area contributed by atoms with Gasteiger partial charge < -0.3 is 10.1 Å². The number of benzene rings is 1. The second-order valence-electron chi connectivity index (χ2n) is 4.00. The molecule has 126 valence electrons. The number of halogens is 3. The molecule has 0 aliphatic carbocycles. The van der Waals surface area contributed by atoms with Crippen LogP contribution < -0.4 is 10.1 Å². The summed E-state index contributed by atoms with van der Waals surface area (Å²) in [5.41, 5.74) is 0.732. The van der Waals surface area contributed by atoms with Gasteiger partial charge in [0.15, 0.2) is 0 Å². The van der Waals surface area contributed by atoms with Crippen LogP contribution in [0.15, 0.2) is 24.3 Å². The van der Waals surface area contributed by atoms with Crippen LogP contribution in [-0.2, 0) is 11.2 Å².